The van der Waals surface area contributed by atoms with Gasteiger partial charge in [-0.15, -0.1) is 0 Å². The Hall–Kier alpha value is -2.90. The number of alkyl halides is 3. The molecule has 2 amide bonds. The van der Waals surface area contributed by atoms with Gasteiger partial charge in [-0.05, 0) is 48.1 Å². The van der Waals surface area contributed by atoms with Gasteiger partial charge in [-0.1, -0.05) is 24.3 Å². The number of hydrogen-bond donors (Lipinski definition) is 0. The fourth-order valence-corrected chi connectivity index (χ4v) is 4.63. The molecule has 8 heteroatoms. The summed E-state index contributed by atoms with van der Waals surface area (Å²) < 4.78 is 37.9. The van der Waals surface area contributed by atoms with Gasteiger partial charge in [-0.25, -0.2) is 0 Å². The summed E-state index contributed by atoms with van der Waals surface area (Å²) in [5.74, 6) is -0.916. The maximum atomic E-state index is 13.7. The highest BCUT2D eigenvalue weighted by Crippen LogP contribution is 2.41. The molecule has 1 aromatic heterocycles. The number of amides is 2. The molecule has 1 fully saturated rings. The van der Waals surface area contributed by atoms with Gasteiger partial charge in [0.25, 0.3) is 0 Å². The summed E-state index contributed by atoms with van der Waals surface area (Å²) in [4.78, 5) is 32.9. The lowest BCUT2D eigenvalue weighted by atomic mass is 9.72. The van der Waals surface area contributed by atoms with E-state index in [1.807, 2.05) is 41.3 Å². The third-order valence-corrected chi connectivity index (χ3v) is 6.30. The number of benzene rings is 1. The molecule has 0 bridgehead atoms. The van der Waals surface area contributed by atoms with Crippen LogP contribution in [0.5, 0.6) is 0 Å². The molecule has 2 aromatic rings. The predicted molar refractivity (Wildman–Crippen MR) is 108 cm³/mol. The first-order chi connectivity index (χ1) is 14.8. The Balaban J connectivity index is 1.58. The van der Waals surface area contributed by atoms with Crippen molar-refractivity contribution in [3.63, 3.8) is 0 Å². The third-order valence-electron chi connectivity index (χ3n) is 6.30. The Bertz CT molecular complexity index is 954. The maximum absolute atomic E-state index is 13.7. The van der Waals surface area contributed by atoms with Gasteiger partial charge >= 0.3 is 6.18 Å². The quantitative estimate of drug-likeness (QED) is 0.744. The number of carbonyl (C=O) groups excluding carboxylic acids is 2. The van der Waals surface area contributed by atoms with Crippen LogP contribution in [-0.4, -0.2) is 45.9 Å². The fourth-order valence-electron chi connectivity index (χ4n) is 4.63. The molecular formula is C23H24F3N3O2. The second-order valence-electron chi connectivity index (χ2n) is 8.42. The minimum absolute atomic E-state index is 0.00318. The number of hydrogen-bond acceptors (Lipinski definition) is 3. The molecule has 0 aliphatic carbocycles. The lowest BCUT2D eigenvalue weighted by Crippen LogP contribution is -2.51. The standard InChI is InChI=1S/C23H24F3N3O2/c24-23(25,26)14-20(30)28-11-7-22(8-12-28)13-18-3-1-2-4-19(18)16-29(21(22)31)15-17-5-9-27-10-6-17/h1-6,9-10H,7-8,11-16H2. The summed E-state index contributed by atoms with van der Waals surface area (Å²) in [6, 6.07) is 11.7. The summed E-state index contributed by atoms with van der Waals surface area (Å²) >= 11 is 0. The molecule has 2 aliphatic rings. The van der Waals surface area contributed by atoms with Crippen LogP contribution in [0.4, 0.5) is 13.2 Å². The molecule has 0 radical (unpaired) electrons. The SMILES string of the molecule is O=C(CC(F)(F)F)N1CCC2(CC1)Cc1ccccc1CN(Cc1ccncc1)C2=O. The Kier molecular flexibility index (Phi) is 5.73. The highest BCUT2D eigenvalue weighted by Gasteiger charge is 2.47. The van der Waals surface area contributed by atoms with Crippen molar-refractivity contribution in [3.8, 4) is 0 Å². The molecule has 164 valence electrons. The number of fused-ring (bicyclic) bond motifs is 1. The van der Waals surface area contributed by atoms with Crippen molar-refractivity contribution < 1.29 is 22.8 Å². The van der Waals surface area contributed by atoms with Gasteiger partial charge in [0.2, 0.25) is 11.8 Å². The van der Waals surface area contributed by atoms with Crippen LogP contribution >= 0.6 is 0 Å². The van der Waals surface area contributed by atoms with Gasteiger partial charge in [0.1, 0.15) is 6.42 Å². The van der Waals surface area contributed by atoms with E-state index in [4.69, 9.17) is 0 Å². The molecule has 5 nitrogen and oxygen atoms in total. The Morgan fingerprint density at radius 3 is 2.32 bits per heavy atom. The maximum Gasteiger partial charge on any atom is 0.397 e. The van der Waals surface area contributed by atoms with Crippen molar-refractivity contribution in [2.75, 3.05) is 13.1 Å². The second-order valence-corrected chi connectivity index (χ2v) is 8.42. The predicted octanol–water partition coefficient (Wildman–Crippen LogP) is 3.73. The fraction of sp³-hybridized carbons (Fsp3) is 0.435. The topological polar surface area (TPSA) is 53.5 Å². The van der Waals surface area contributed by atoms with Crippen molar-refractivity contribution in [2.45, 2.75) is 44.9 Å². The lowest BCUT2D eigenvalue weighted by molar-refractivity contribution is -0.165. The van der Waals surface area contributed by atoms with Gasteiger partial charge in [0, 0.05) is 38.6 Å². The monoisotopic (exact) mass is 431 g/mol. The summed E-state index contributed by atoms with van der Waals surface area (Å²) in [5, 5.41) is 0. The Labute approximate surface area is 178 Å². The van der Waals surface area contributed by atoms with Crippen LogP contribution in [0, 0.1) is 5.41 Å². The zero-order valence-electron chi connectivity index (χ0n) is 17.1. The van der Waals surface area contributed by atoms with Gasteiger partial charge in [0.05, 0.1) is 5.41 Å². The smallest absolute Gasteiger partial charge is 0.342 e. The lowest BCUT2D eigenvalue weighted by Gasteiger charge is -2.42. The average molecular weight is 431 g/mol. The zero-order chi connectivity index (χ0) is 22.1. The highest BCUT2D eigenvalue weighted by atomic mass is 19.4. The largest absolute Gasteiger partial charge is 0.397 e. The average Bonchev–Trinajstić information content (AvgIpc) is 2.84. The molecule has 3 heterocycles. The molecule has 31 heavy (non-hydrogen) atoms. The summed E-state index contributed by atoms with van der Waals surface area (Å²) in [6.07, 6.45) is -1.35. The molecule has 4 rings (SSSR count). The normalized spacial score (nSPS) is 18.6. The van der Waals surface area contributed by atoms with Crippen LogP contribution in [0.1, 0.15) is 36.0 Å². The Morgan fingerprint density at radius 2 is 1.68 bits per heavy atom. The van der Waals surface area contributed by atoms with E-state index in [0.717, 1.165) is 16.7 Å². The first kappa shape index (κ1) is 21.3. The minimum atomic E-state index is -4.52. The minimum Gasteiger partial charge on any atom is -0.342 e. The Morgan fingerprint density at radius 1 is 1.03 bits per heavy atom. The van der Waals surface area contributed by atoms with Crippen molar-refractivity contribution in [1.82, 2.24) is 14.8 Å². The number of piperidine rings is 1. The van der Waals surface area contributed by atoms with E-state index in [9.17, 15) is 22.8 Å². The number of carbonyl (C=O) groups is 2. The van der Waals surface area contributed by atoms with E-state index in [2.05, 4.69) is 4.98 Å². The van der Waals surface area contributed by atoms with Crippen molar-refractivity contribution >= 4 is 11.8 Å². The number of rotatable bonds is 3. The van der Waals surface area contributed by atoms with Crippen LogP contribution in [0.2, 0.25) is 0 Å². The third kappa shape index (κ3) is 4.73. The second kappa shape index (κ2) is 8.32. The van der Waals surface area contributed by atoms with Gasteiger partial charge in [-0.2, -0.15) is 13.2 Å². The molecule has 0 unspecified atom stereocenters. The van der Waals surface area contributed by atoms with E-state index >= 15 is 0 Å². The van der Waals surface area contributed by atoms with Crippen LogP contribution in [0.3, 0.4) is 0 Å². The van der Waals surface area contributed by atoms with Crippen LogP contribution in [0.25, 0.3) is 0 Å². The first-order valence-corrected chi connectivity index (χ1v) is 10.4. The van der Waals surface area contributed by atoms with Crippen LogP contribution in [-0.2, 0) is 29.1 Å². The van der Waals surface area contributed by atoms with E-state index in [1.165, 1.54) is 4.90 Å². The summed E-state index contributed by atoms with van der Waals surface area (Å²) in [5.41, 5.74) is 2.42. The van der Waals surface area contributed by atoms with Gasteiger partial charge < -0.3 is 9.80 Å². The van der Waals surface area contributed by atoms with E-state index in [0.29, 0.717) is 32.4 Å². The van der Waals surface area contributed by atoms with Crippen LogP contribution < -0.4 is 0 Å². The molecule has 1 saturated heterocycles. The number of pyridine rings is 1. The summed E-state index contributed by atoms with van der Waals surface area (Å²) in [7, 11) is 0. The number of likely N-dealkylation sites (tertiary alicyclic amines) is 1. The van der Waals surface area contributed by atoms with E-state index in [-0.39, 0.29) is 19.0 Å². The molecule has 0 saturated carbocycles. The van der Waals surface area contributed by atoms with Crippen molar-refractivity contribution in [3.05, 3.63) is 65.5 Å². The molecule has 1 spiro atoms. The van der Waals surface area contributed by atoms with Gasteiger partial charge in [-0.3, -0.25) is 14.6 Å². The van der Waals surface area contributed by atoms with E-state index < -0.39 is 23.9 Å². The highest BCUT2D eigenvalue weighted by molar-refractivity contribution is 5.85. The zero-order valence-corrected chi connectivity index (χ0v) is 17.1. The first-order valence-electron chi connectivity index (χ1n) is 10.4. The van der Waals surface area contributed by atoms with Crippen molar-refractivity contribution in [2.24, 2.45) is 5.41 Å². The summed E-state index contributed by atoms with van der Waals surface area (Å²) in [6.45, 7) is 1.24. The number of nitrogens with zero attached hydrogens (tertiary/aromatic N) is 3. The molecular weight excluding hydrogens is 407 g/mol. The number of halogens is 3. The van der Waals surface area contributed by atoms with Gasteiger partial charge in [0.15, 0.2) is 0 Å². The van der Waals surface area contributed by atoms with Crippen LogP contribution in [0.15, 0.2) is 48.8 Å². The molecule has 2 aliphatic heterocycles. The van der Waals surface area contributed by atoms with Crippen molar-refractivity contribution in [1.29, 1.82) is 0 Å². The number of aromatic nitrogens is 1. The molecule has 1 aromatic carbocycles. The van der Waals surface area contributed by atoms with E-state index in [1.54, 1.807) is 12.4 Å². The molecule has 0 atom stereocenters. The molecule has 0 N–H and O–H groups in total.